The summed E-state index contributed by atoms with van der Waals surface area (Å²) in [4.78, 5) is 73.8. The molecule has 11 heteroatoms. The van der Waals surface area contributed by atoms with Crippen LogP contribution < -0.4 is 5.32 Å². The summed E-state index contributed by atoms with van der Waals surface area (Å²) < 4.78 is 0. The van der Waals surface area contributed by atoms with Gasteiger partial charge in [0.25, 0.3) is 5.24 Å². The van der Waals surface area contributed by atoms with Crippen LogP contribution in [0.2, 0.25) is 0 Å². The molecule has 0 bridgehead atoms. The third-order valence-electron chi connectivity index (χ3n) is 4.12. The largest absolute Gasteiger partial charge is 0.353 e. The van der Waals surface area contributed by atoms with Gasteiger partial charge < -0.3 is 5.32 Å². The van der Waals surface area contributed by atoms with Crippen molar-refractivity contribution in [2.45, 2.75) is 6.54 Å². The number of nitrogens with zero attached hydrogens (tertiary/aromatic N) is 3. The molecular weight excluding hydrogens is 388 g/mol. The van der Waals surface area contributed by atoms with E-state index in [1.807, 2.05) is 0 Å². The first-order valence-electron chi connectivity index (χ1n) is 8.33. The van der Waals surface area contributed by atoms with E-state index in [2.05, 4.69) is 5.32 Å². The van der Waals surface area contributed by atoms with Crippen LogP contribution in [0.4, 0.5) is 9.59 Å². The van der Waals surface area contributed by atoms with Crippen molar-refractivity contribution in [1.82, 2.24) is 20.0 Å². The van der Waals surface area contributed by atoms with Gasteiger partial charge >= 0.3 is 17.8 Å². The standard InChI is InChI=1S/C17H16N4O6S/c22-12(18-6-7-19-13(23)10-28-17(19)27)9-21-15(25)14(24)20(16(21)26)8-11-4-2-1-3-5-11/h1-5H,6-10H2,(H,18,22). The summed E-state index contributed by atoms with van der Waals surface area (Å²) in [5.74, 6) is -3.01. The second kappa shape index (κ2) is 8.21. The molecule has 2 aliphatic heterocycles. The minimum Gasteiger partial charge on any atom is -0.353 e. The smallest absolute Gasteiger partial charge is 0.335 e. The summed E-state index contributed by atoms with van der Waals surface area (Å²) in [5, 5.41) is 2.04. The fourth-order valence-electron chi connectivity index (χ4n) is 2.70. The highest BCUT2D eigenvalue weighted by Gasteiger charge is 2.45. The third-order valence-corrected chi connectivity index (χ3v) is 4.98. The molecule has 0 spiro atoms. The van der Waals surface area contributed by atoms with Crippen molar-refractivity contribution in [3.8, 4) is 0 Å². The number of carbonyl (C=O) groups is 6. The van der Waals surface area contributed by atoms with Crippen LogP contribution in [0.1, 0.15) is 5.56 Å². The molecule has 0 atom stereocenters. The lowest BCUT2D eigenvalue weighted by Gasteiger charge is -2.16. The molecule has 10 nitrogen and oxygen atoms in total. The van der Waals surface area contributed by atoms with Gasteiger partial charge in [-0.3, -0.25) is 33.8 Å². The van der Waals surface area contributed by atoms with Gasteiger partial charge in [0.1, 0.15) is 6.54 Å². The number of urea groups is 1. The molecule has 2 aliphatic rings. The molecule has 1 N–H and O–H groups in total. The maximum atomic E-state index is 12.4. The zero-order valence-electron chi connectivity index (χ0n) is 14.6. The second-order valence-corrected chi connectivity index (χ2v) is 6.93. The number of hydrogen-bond donors (Lipinski definition) is 1. The highest BCUT2D eigenvalue weighted by atomic mass is 32.2. The molecule has 0 radical (unpaired) electrons. The highest BCUT2D eigenvalue weighted by molar-refractivity contribution is 8.14. The first-order valence-corrected chi connectivity index (χ1v) is 9.32. The van der Waals surface area contributed by atoms with Crippen LogP contribution in [-0.2, 0) is 25.7 Å². The van der Waals surface area contributed by atoms with Crippen molar-refractivity contribution in [2.24, 2.45) is 0 Å². The number of imide groups is 3. The minimum absolute atomic E-state index is 0.00262. The van der Waals surface area contributed by atoms with Crippen molar-refractivity contribution in [3.05, 3.63) is 35.9 Å². The highest BCUT2D eigenvalue weighted by Crippen LogP contribution is 2.18. The van der Waals surface area contributed by atoms with Crippen LogP contribution in [-0.4, -0.2) is 75.0 Å². The van der Waals surface area contributed by atoms with Crippen molar-refractivity contribution >= 4 is 46.7 Å². The molecule has 2 fully saturated rings. The molecule has 2 saturated heterocycles. The molecule has 1 aromatic rings. The van der Waals surface area contributed by atoms with Crippen molar-refractivity contribution in [2.75, 3.05) is 25.4 Å². The van der Waals surface area contributed by atoms with Crippen molar-refractivity contribution < 1.29 is 28.8 Å². The summed E-state index contributed by atoms with van der Waals surface area (Å²) in [7, 11) is 0. The van der Waals surface area contributed by atoms with Gasteiger partial charge in [-0.15, -0.1) is 0 Å². The summed E-state index contributed by atoms with van der Waals surface area (Å²) >= 11 is 0.884. The average Bonchev–Trinajstić information content (AvgIpc) is 3.10. The maximum Gasteiger partial charge on any atom is 0.335 e. The maximum absolute atomic E-state index is 12.4. The zero-order valence-corrected chi connectivity index (χ0v) is 15.4. The van der Waals surface area contributed by atoms with Gasteiger partial charge in [-0.05, 0) is 5.56 Å². The summed E-state index contributed by atoms with van der Waals surface area (Å²) in [5.41, 5.74) is 0.668. The van der Waals surface area contributed by atoms with Gasteiger partial charge in [0.2, 0.25) is 11.8 Å². The number of thioether (sulfide) groups is 1. The molecule has 28 heavy (non-hydrogen) atoms. The molecule has 146 valence electrons. The molecular formula is C17H16N4O6S. The Morgan fingerprint density at radius 1 is 0.964 bits per heavy atom. The van der Waals surface area contributed by atoms with Crippen LogP contribution in [0.5, 0.6) is 0 Å². The van der Waals surface area contributed by atoms with Gasteiger partial charge in [0, 0.05) is 13.1 Å². The molecule has 7 amide bonds. The fourth-order valence-corrected chi connectivity index (χ4v) is 3.45. The first kappa shape index (κ1) is 19.5. The second-order valence-electron chi connectivity index (χ2n) is 6.00. The van der Waals surface area contributed by atoms with Crippen molar-refractivity contribution in [1.29, 1.82) is 0 Å². The molecule has 0 aromatic heterocycles. The number of rotatable bonds is 7. The van der Waals surface area contributed by atoms with E-state index in [0.717, 1.165) is 21.6 Å². The lowest BCUT2D eigenvalue weighted by atomic mass is 10.2. The van der Waals surface area contributed by atoms with Gasteiger partial charge in [0.15, 0.2) is 0 Å². The quantitative estimate of drug-likeness (QED) is 0.492. The van der Waals surface area contributed by atoms with E-state index in [1.165, 1.54) is 0 Å². The molecule has 2 heterocycles. The van der Waals surface area contributed by atoms with Crippen LogP contribution in [0.3, 0.4) is 0 Å². The van der Waals surface area contributed by atoms with E-state index in [9.17, 15) is 28.8 Å². The van der Waals surface area contributed by atoms with Crippen LogP contribution in [0.15, 0.2) is 30.3 Å². The van der Waals surface area contributed by atoms with Crippen LogP contribution in [0, 0.1) is 0 Å². The van der Waals surface area contributed by atoms with E-state index >= 15 is 0 Å². The molecule has 1 aromatic carbocycles. The normalized spacial score (nSPS) is 17.1. The number of nitrogens with one attached hydrogen (secondary N) is 1. The summed E-state index contributed by atoms with van der Waals surface area (Å²) in [6, 6.07) is 7.80. The SMILES string of the molecule is O=C(CN1C(=O)C(=O)N(Cc2ccccc2)C1=O)NCCN1C(=O)CSC1=O. The number of amides is 7. The monoisotopic (exact) mass is 404 g/mol. The Hall–Kier alpha value is -3.21. The molecule has 3 rings (SSSR count). The van der Waals surface area contributed by atoms with Gasteiger partial charge in [-0.1, -0.05) is 42.1 Å². The van der Waals surface area contributed by atoms with E-state index < -0.39 is 30.3 Å². The van der Waals surface area contributed by atoms with E-state index in [4.69, 9.17) is 0 Å². The van der Waals surface area contributed by atoms with E-state index in [0.29, 0.717) is 10.5 Å². The van der Waals surface area contributed by atoms with Gasteiger partial charge in [0.05, 0.1) is 12.3 Å². The summed E-state index contributed by atoms with van der Waals surface area (Å²) in [6.07, 6.45) is 0. The lowest BCUT2D eigenvalue weighted by Crippen LogP contribution is -2.44. The fraction of sp³-hybridized carbons (Fsp3) is 0.294. The Morgan fingerprint density at radius 3 is 2.29 bits per heavy atom. The Morgan fingerprint density at radius 2 is 1.64 bits per heavy atom. The van der Waals surface area contributed by atoms with Gasteiger partial charge in [-0.25, -0.2) is 9.69 Å². The predicted octanol–water partition coefficient (Wildman–Crippen LogP) is -0.211. The number of benzene rings is 1. The summed E-state index contributed by atoms with van der Waals surface area (Å²) in [6.45, 7) is -0.712. The van der Waals surface area contributed by atoms with E-state index in [-0.39, 0.29) is 36.5 Å². The zero-order chi connectivity index (χ0) is 20.3. The van der Waals surface area contributed by atoms with Crippen LogP contribution >= 0.6 is 11.8 Å². The molecule has 0 saturated carbocycles. The Bertz CT molecular complexity index is 842. The Kier molecular flexibility index (Phi) is 5.73. The van der Waals surface area contributed by atoms with E-state index in [1.54, 1.807) is 30.3 Å². The number of carbonyl (C=O) groups excluding carboxylic acids is 6. The lowest BCUT2D eigenvalue weighted by molar-refractivity contribution is -0.144. The molecule has 0 unspecified atom stereocenters. The topological polar surface area (TPSA) is 124 Å². The number of hydrogen-bond acceptors (Lipinski definition) is 7. The molecule has 0 aliphatic carbocycles. The Balaban J connectivity index is 1.53. The van der Waals surface area contributed by atoms with Crippen LogP contribution in [0.25, 0.3) is 0 Å². The first-order chi connectivity index (χ1) is 13.4. The predicted molar refractivity (Wildman–Crippen MR) is 96.7 cm³/mol. The van der Waals surface area contributed by atoms with Gasteiger partial charge in [-0.2, -0.15) is 0 Å². The minimum atomic E-state index is -1.07. The average molecular weight is 404 g/mol. The third kappa shape index (κ3) is 4.03. The van der Waals surface area contributed by atoms with Crippen molar-refractivity contribution in [3.63, 3.8) is 0 Å². The Labute approximate surface area is 163 Å².